The van der Waals surface area contributed by atoms with Crippen LogP contribution >= 0.6 is 0 Å². The molecule has 10 heavy (non-hydrogen) atoms. The third-order valence-electron chi connectivity index (χ3n) is 0.896. The van der Waals surface area contributed by atoms with Crippen LogP contribution in [0.3, 0.4) is 0 Å². The molecule has 0 saturated heterocycles. The van der Waals surface area contributed by atoms with E-state index < -0.39 is 0 Å². The number of hydrogen-bond donors (Lipinski definition) is 0. The minimum Gasteiger partial charge on any atom is -0.452 e. The first-order valence-corrected chi connectivity index (χ1v) is 3.42. The SMILES string of the molecule is CCC#CCOC(=O)CC. The average molecular weight is 140 g/mol. The molecule has 0 bridgehead atoms. The number of ether oxygens (including phenoxy) is 1. The van der Waals surface area contributed by atoms with E-state index in [2.05, 4.69) is 16.6 Å². The molecular weight excluding hydrogens is 128 g/mol. The van der Waals surface area contributed by atoms with E-state index in [9.17, 15) is 4.79 Å². The maximum atomic E-state index is 10.5. The van der Waals surface area contributed by atoms with Crippen LogP contribution in [0.5, 0.6) is 0 Å². The fourth-order valence-corrected chi connectivity index (χ4v) is 0.395. The van der Waals surface area contributed by atoms with Crippen molar-refractivity contribution in [3.05, 3.63) is 0 Å². The van der Waals surface area contributed by atoms with Gasteiger partial charge in [0.15, 0.2) is 6.61 Å². The molecule has 0 aliphatic carbocycles. The normalized spacial score (nSPS) is 7.80. The predicted molar refractivity (Wildman–Crippen MR) is 39.3 cm³/mol. The van der Waals surface area contributed by atoms with E-state index in [-0.39, 0.29) is 12.6 Å². The van der Waals surface area contributed by atoms with Crippen molar-refractivity contribution in [2.45, 2.75) is 26.7 Å². The van der Waals surface area contributed by atoms with Crippen molar-refractivity contribution in [1.82, 2.24) is 0 Å². The smallest absolute Gasteiger partial charge is 0.306 e. The van der Waals surface area contributed by atoms with E-state index in [1.807, 2.05) is 6.92 Å². The molecule has 0 saturated carbocycles. The Morgan fingerprint density at radius 2 is 2.10 bits per heavy atom. The molecule has 0 aromatic heterocycles. The molecule has 2 nitrogen and oxygen atoms in total. The third kappa shape index (κ3) is 5.17. The first-order valence-electron chi connectivity index (χ1n) is 3.42. The van der Waals surface area contributed by atoms with Crippen LogP contribution in [0.2, 0.25) is 0 Å². The van der Waals surface area contributed by atoms with Crippen LogP contribution in [-0.2, 0) is 9.53 Å². The van der Waals surface area contributed by atoms with Crippen molar-refractivity contribution in [2.24, 2.45) is 0 Å². The van der Waals surface area contributed by atoms with E-state index in [4.69, 9.17) is 0 Å². The maximum Gasteiger partial charge on any atom is 0.306 e. The Hall–Kier alpha value is -0.970. The van der Waals surface area contributed by atoms with Gasteiger partial charge in [-0.2, -0.15) is 0 Å². The van der Waals surface area contributed by atoms with E-state index in [0.717, 1.165) is 6.42 Å². The zero-order valence-electron chi connectivity index (χ0n) is 6.44. The van der Waals surface area contributed by atoms with Crippen molar-refractivity contribution in [3.8, 4) is 11.8 Å². The molecule has 0 heterocycles. The molecule has 0 spiro atoms. The van der Waals surface area contributed by atoms with Crippen LogP contribution in [0.25, 0.3) is 0 Å². The van der Waals surface area contributed by atoms with Gasteiger partial charge in [0, 0.05) is 12.8 Å². The van der Waals surface area contributed by atoms with Gasteiger partial charge in [0.25, 0.3) is 0 Å². The Bertz CT molecular complexity index is 150. The minimum absolute atomic E-state index is 0.189. The van der Waals surface area contributed by atoms with Crippen molar-refractivity contribution in [1.29, 1.82) is 0 Å². The Labute approximate surface area is 61.6 Å². The minimum atomic E-state index is -0.189. The summed E-state index contributed by atoms with van der Waals surface area (Å²) in [5.41, 5.74) is 0. The molecule has 0 aromatic rings. The Morgan fingerprint density at radius 1 is 1.40 bits per heavy atom. The lowest BCUT2D eigenvalue weighted by Gasteiger charge is -1.94. The van der Waals surface area contributed by atoms with Gasteiger partial charge in [0.1, 0.15) is 0 Å². The van der Waals surface area contributed by atoms with Gasteiger partial charge in [0.2, 0.25) is 0 Å². The number of rotatable bonds is 2. The fourth-order valence-electron chi connectivity index (χ4n) is 0.395. The molecule has 0 fully saturated rings. The van der Waals surface area contributed by atoms with Crippen molar-refractivity contribution in [3.63, 3.8) is 0 Å². The summed E-state index contributed by atoms with van der Waals surface area (Å²) in [7, 11) is 0. The summed E-state index contributed by atoms with van der Waals surface area (Å²) >= 11 is 0. The summed E-state index contributed by atoms with van der Waals surface area (Å²) in [5.74, 6) is 5.32. The summed E-state index contributed by atoms with van der Waals surface area (Å²) in [5, 5.41) is 0. The fraction of sp³-hybridized carbons (Fsp3) is 0.625. The molecule has 0 atom stereocenters. The summed E-state index contributed by atoms with van der Waals surface area (Å²) in [6, 6.07) is 0. The molecule has 0 aliphatic heterocycles. The molecule has 0 rings (SSSR count). The highest BCUT2D eigenvalue weighted by atomic mass is 16.5. The highest BCUT2D eigenvalue weighted by molar-refractivity contribution is 5.69. The number of carbonyl (C=O) groups excluding carboxylic acids is 1. The van der Waals surface area contributed by atoms with Crippen LogP contribution in [0.1, 0.15) is 26.7 Å². The van der Waals surface area contributed by atoms with Crippen LogP contribution in [0.15, 0.2) is 0 Å². The number of carbonyl (C=O) groups is 1. The van der Waals surface area contributed by atoms with Crippen LogP contribution in [0.4, 0.5) is 0 Å². The first kappa shape index (κ1) is 9.03. The van der Waals surface area contributed by atoms with Gasteiger partial charge in [-0.3, -0.25) is 4.79 Å². The molecule has 2 heteroatoms. The topological polar surface area (TPSA) is 26.3 Å². The zero-order valence-corrected chi connectivity index (χ0v) is 6.44. The molecular formula is C8H12O2. The lowest BCUT2D eigenvalue weighted by atomic mass is 10.5. The lowest BCUT2D eigenvalue weighted by Crippen LogP contribution is -2.01. The van der Waals surface area contributed by atoms with Crippen molar-refractivity contribution >= 4 is 5.97 Å². The van der Waals surface area contributed by atoms with Gasteiger partial charge in [0.05, 0.1) is 0 Å². The van der Waals surface area contributed by atoms with Crippen molar-refractivity contribution < 1.29 is 9.53 Å². The molecule has 0 N–H and O–H groups in total. The molecule has 0 aromatic carbocycles. The lowest BCUT2D eigenvalue weighted by molar-refractivity contribution is -0.141. The zero-order chi connectivity index (χ0) is 7.82. The molecule has 0 radical (unpaired) electrons. The maximum absolute atomic E-state index is 10.5. The quantitative estimate of drug-likeness (QED) is 0.427. The van der Waals surface area contributed by atoms with E-state index >= 15 is 0 Å². The van der Waals surface area contributed by atoms with Crippen LogP contribution in [-0.4, -0.2) is 12.6 Å². The second-order valence-corrected chi connectivity index (χ2v) is 1.72. The van der Waals surface area contributed by atoms with Crippen molar-refractivity contribution in [2.75, 3.05) is 6.61 Å². The van der Waals surface area contributed by atoms with E-state index in [0.29, 0.717) is 6.42 Å². The van der Waals surface area contributed by atoms with Gasteiger partial charge in [-0.1, -0.05) is 19.8 Å². The monoisotopic (exact) mass is 140 g/mol. The molecule has 56 valence electrons. The predicted octanol–water partition coefficient (Wildman–Crippen LogP) is 1.35. The van der Waals surface area contributed by atoms with Gasteiger partial charge >= 0.3 is 5.97 Å². The first-order chi connectivity index (χ1) is 4.81. The third-order valence-corrected chi connectivity index (χ3v) is 0.896. The molecule has 0 aliphatic rings. The largest absolute Gasteiger partial charge is 0.452 e. The van der Waals surface area contributed by atoms with Gasteiger partial charge < -0.3 is 4.74 Å². The summed E-state index contributed by atoms with van der Waals surface area (Å²) in [6.45, 7) is 3.95. The average Bonchev–Trinajstić information content (AvgIpc) is 1.98. The van der Waals surface area contributed by atoms with E-state index in [1.165, 1.54) is 0 Å². The highest BCUT2D eigenvalue weighted by Gasteiger charge is 1.92. The van der Waals surface area contributed by atoms with Crippen LogP contribution in [0, 0.1) is 11.8 Å². The second kappa shape index (κ2) is 6.15. The molecule has 0 unspecified atom stereocenters. The Kier molecular flexibility index (Phi) is 5.56. The summed E-state index contributed by atoms with van der Waals surface area (Å²) in [6.07, 6.45) is 1.23. The Morgan fingerprint density at radius 3 is 2.60 bits per heavy atom. The van der Waals surface area contributed by atoms with Gasteiger partial charge in [-0.05, 0) is 0 Å². The summed E-state index contributed by atoms with van der Waals surface area (Å²) < 4.78 is 4.68. The van der Waals surface area contributed by atoms with Crippen LogP contribution < -0.4 is 0 Å². The molecule has 0 amide bonds. The van der Waals surface area contributed by atoms with Gasteiger partial charge in [-0.25, -0.2) is 0 Å². The standard InChI is InChI=1S/C8H12O2/c1-3-5-6-7-10-8(9)4-2/h3-4,7H2,1-2H3. The Balaban J connectivity index is 3.27. The summed E-state index contributed by atoms with van der Waals surface area (Å²) in [4.78, 5) is 10.5. The number of hydrogen-bond acceptors (Lipinski definition) is 2. The van der Waals surface area contributed by atoms with Gasteiger partial charge in [-0.15, -0.1) is 5.92 Å². The van der Waals surface area contributed by atoms with E-state index in [1.54, 1.807) is 6.92 Å². The highest BCUT2D eigenvalue weighted by Crippen LogP contribution is 1.82. The number of esters is 1. The second-order valence-electron chi connectivity index (χ2n) is 1.72.